The number of nitrogens with one attached hydrogen (secondary N) is 2. The molecule has 150 valence electrons. The van der Waals surface area contributed by atoms with Gasteiger partial charge >= 0.3 is 0 Å². The number of halogens is 1. The Morgan fingerprint density at radius 1 is 1.19 bits per heavy atom. The molecule has 1 saturated carbocycles. The third-order valence-corrected chi connectivity index (χ3v) is 5.14. The average Bonchev–Trinajstić information content (AvgIpc) is 3.12. The lowest BCUT2D eigenvalue weighted by atomic mass is 10.0. The second kappa shape index (κ2) is 11.8. The molecule has 0 atom stereocenters. The van der Waals surface area contributed by atoms with Gasteiger partial charge in [0.2, 0.25) is 5.91 Å². The number of likely N-dealkylation sites (tertiary alicyclic amines) is 1. The Bertz CT molecular complexity index is 480. The van der Waals surface area contributed by atoms with Crippen molar-refractivity contribution in [1.29, 1.82) is 0 Å². The molecule has 0 radical (unpaired) electrons. The van der Waals surface area contributed by atoms with Crippen LogP contribution < -0.4 is 10.6 Å². The monoisotopic (exact) mass is 477 g/mol. The third-order valence-electron chi connectivity index (χ3n) is 5.14. The molecule has 1 heterocycles. The molecule has 2 aliphatic rings. The number of hydrogen-bond donors (Lipinski definition) is 2. The van der Waals surface area contributed by atoms with E-state index < -0.39 is 0 Å². The zero-order valence-electron chi connectivity index (χ0n) is 16.6. The number of carbonyl (C=O) groups excluding carboxylic acids is 1. The predicted molar refractivity (Wildman–Crippen MR) is 119 cm³/mol. The molecule has 1 aliphatic carbocycles. The number of carbonyl (C=O) groups is 1. The minimum absolute atomic E-state index is 0. The largest absolute Gasteiger partial charge is 0.354 e. The first kappa shape index (κ1) is 23.2. The van der Waals surface area contributed by atoms with E-state index in [1.165, 1.54) is 25.7 Å². The van der Waals surface area contributed by atoms with E-state index in [9.17, 15) is 4.79 Å². The van der Waals surface area contributed by atoms with E-state index in [1.807, 2.05) is 6.92 Å². The second-order valence-electron chi connectivity index (χ2n) is 7.66. The summed E-state index contributed by atoms with van der Waals surface area (Å²) >= 11 is 0. The maximum absolute atomic E-state index is 11.8. The van der Waals surface area contributed by atoms with E-state index >= 15 is 0 Å². The van der Waals surface area contributed by atoms with Crippen LogP contribution in [0.25, 0.3) is 0 Å². The van der Waals surface area contributed by atoms with Crippen LogP contribution >= 0.6 is 24.0 Å². The van der Waals surface area contributed by atoms with Crippen LogP contribution in [0.2, 0.25) is 0 Å². The van der Waals surface area contributed by atoms with Gasteiger partial charge in [-0.05, 0) is 32.6 Å². The SMILES string of the molecule is C=C(C)CNC(=NCC(=O)N(C)C)NC1CCN(C2CCCC2)CC1.I. The number of piperidine rings is 1. The lowest BCUT2D eigenvalue weighted by molar-refractivity contribution is -0.127. The molecule has 7 heteroatoms. The van der Waals surface area contributed by atoms with Crippen molar-refractivity contribution in [3.63, 3.8) is 0 Å². The summed E-state index contributed by atoms with van der Waals surface area (Å²) in [4.78, 5) is 20.5. The minimum Gasteiger partial charge on any atom is -0.354 e. The number of nitrogens with zero attached hydrogens (tertiary/aromatic N) is 3. The molecule has 26 heavy (non-hydrogen) atoms. The minimum atomic E-state index is 0. The van der Waals surface area contributed by atoms with Crippen molar-refractivity contribution < 1.29 is 4.79 Å². The first-order valence-corrected chi connectivity index (χ1v) is 9.59. The summed E-state index contributed by atoms with van der Waals surface area (Å²) in [5.41, 5.74) is 1.05. The molecular weight excluding hydrogens is 441 g/mol. The summed E-state index contributed by atoms with van der Waals surface area (Å²) < 4.78 is 0. The van der Waals surface area contributed by atoms with Crippen molar-refractivity contribution in [2.75, 3.05) is 40.3 Å². The van der Waals surface area contributed by atoms with Crippen molar-refractivity contribution in [1.82, 2.24) is 20.4 Å². The normalized spacial score (nSPS) is 19.7. The van der Waals surface area contributed by atoms with Crippen molar-refractivity contribution in [3.05, 3.63) is 12.2 Å². The molecule has 1 aliphatic heterocycles. The molecule has 0 bridgehead atoms. The van der Waals surface area contributed by atoms with Crippen molar-refractivity contribution in [2.24, 2.45) is 4.99 Å². The highest BCUT2D eigenvalue weighted by Gasteiger charge is 2.27. The van der Waals surface area contributed by atoms with Gasteiger partial charge in [-0.2, -0.15) is 0 Å². The van der Waals surface area contributed by atoms with Gasteiger partial charge in [-0.15, -0.1) is 24.0 Å². The van der Waals surface area contributed by atoms with Crippen molar-refractivity contribution in [2.45, 2.75) is 57.5 Å². The van der Waals surface area contributed by atoms with E-state index in [0.29, 0.717) is 12.6 Å². The highest BCUT2D eigenvalue weighted by molar-refractivity contribution is 14.0. The Morgan fingerprint density at radius 2 is 1.81 bits per heavy atom. The highest BCUT2D eigenvalue weighted by atomic mass is 127. The van der Waals surface area contributed by atoms with Crippen molar-refractivity contribution in [3.8, 4) is 0 Å². The molecule has 6 nitrogen and oxygen atoms in total. The first-order chi connectivity index (χ1) is 12.0. The van der Waals surface area contributed by atoms with Gasteiger partial charge in [-0.25, -0.2) is 4.99 Å². The number of hydrogen-bond acceptors (Lipinski definition) is 3. The van der Waals surface area contributed by atoms with Crippen LogP contribution in [0, 0.1) is 0 Å². The zero-order valence-corrected chi connectivity index (χ0v) is 18.9. The predicted octanol–water partition coefficient (Wildman–Crippen LogP) is 2.21. The van der Waals surface area contributed by atoms with Crippen LogP contribution in [0.5, 0.6) is 0 Å². The van der Waals surface area contributed by atoms with Crippen LogP contribution in [0.15, 0.2) is 17.1 Å². The molecule has 1 saturated heterocycles. The van der Waals surface area contributed by atoms with Crippen LogP contribution in [0.3, 0.4) is 0 Å². The van der Waals surface area contributed by atoms with Crippen LogP contribution in [-0.4, -0.2) is 74.0 Å². The second-order valence-corrected chi connectivity index (χ2v) is 7.66. The number of guanidine groups is 1. The quantitative estimate of drug-likeness (QED) is 0.267. The van der Waals surface area contributed by atoms with Gasteiger partial charge in [0.25, 0.3) is 0 Å². The lowest BCUT2D eigenvalue weighted by Crippen LogP contribution is -2.50. The summed E-state index contributed by atoms with van der Waals surface area (Å²) in [6.45, 7) is 9.06. The smallest absolute Gasteiger partial charge is 0.243 e. The summed E-state index contributed by atoms with van der Waals surface area (Å²) in [6, 6.07) is 1.23. The van der Waals surface area contributed by atoms with E-state index in [-0.39, 0.29) is 36.4 Å². The van der Waals surface area contributed by atoms with Gasteiger partial charge in [0, 0.05) is 45.8 Å². The topological polar surface area (TPSA) is 60.0 Å². The number of amides is 1. The summed E-state index contributed by atoms with van der Waals surface area (Å²) in [5, 5.41) is 6.80. The molecule has 2 N–H and O–H groups in total. The summed E-state index contributed by atoms with van der Waals surface area (Å²) in [6.07, 6.45) is 7.79. The maximum atomic E-state index is 11.8. The Hall–Kier alpha value is -0.830. The first-order valence-electron chi connectivity index (χ1n) is 9.59. The maximum Gasteiger partial charge on any atom is 0.243 e. The molecule has 0 aromatic heterocycles. The Balaban J connectivity index is 0.00000338. The fourth-order valence-corrected chi connectivity index (χ4v) is 3.55. The van der Waals surface area contributed by atoms with Gasteiger partial charge in [-0.3, -0.25) is 4.79 Å². The van der Waals surface area contributed by atoms with Gasteiger partial charge < -0.3 is 20.4 Å². The number of aliphatic imine (C=N–C) groups is 1. The van der Waals surface area contributed by atoms with Crippen LogP contribution in [-0.2, 0) is 4.79 Å². The number of likely N-dealkylation sites (N-methyl/N-ethyl adjacent to an activating group) is 1. The van der Waals surface area contributed by atoms with Crippen molar-refractivity contribution >= 4 is 35.8 Å². The molecule has 1 amide bonds. The molecule has 0 unspecified atom stereocenters. The fourth-order valence-electron chi connectivity index (χ4n) is 3.55. The van der Waals surface area contributed by atoms with Crippen LogP contribution in [0.4, 0.5) is 0 Å². The molecule has 0 spiro atoms. The molecular formula is C19H36IN5O. The van der Waals surface area contributed by atoms with Gasteiger partial charge in [0.05, 0.1) is 0 Å². The molecule has 2 fully saturated rings. The van der Waals surface area contributed by atoms with E-state index in [0.717, 1.165) is 43.5 Å². The third kappa shape index (κ3) is 7.82. The summed E-state index contributed by atoms with van der Waals surface area (Å²) in [7, 11) is 3.51. The highest BCUT2D eigenvalue weighted by Crippen LogP contribution is 2.26. The molecule has 0 aromatic rings. The molecule has 0 aromatic carbocycles. The van der Waals surface area contributed by atoms with Gasteiger partial charge in [0.1, 0.15) is 6.54 Å². The standard InChI is InChI=1S/C19H35N5O.HI/c1-15(2)13-20-19(21-14-18(25)23(3)4)22-16-9-11-24(12-10-16)17-7-5-6-8-17;/h16-17H,1,5-14H2,2-4H3,(H2,20,21,22);1H. The Kier molecular flexibility index (Phi) is 10.5. The van der Waals surface area contributed by atoms with E-state index in [1.54, 1.807) is 19.0 Å². The van der Waals surface area contributed by atoms with Gasteiger partial charge in [0.15, 0.2) is 5.96 Å². The van der Waals surface area contributed by atoms with Gasteiger partial charge in [-0.1, -0.05) is 25.0 Å². The van der Waals surface area contributed by atoms with E-state index in [2.05, 4.69) is 27.1 Å². The number of rotatable bonds is 6. The zero-order chi connectivity index (χ0) is 18.2. The summed E-state index contributed by atoms with van der Waals surface area (Å²) in [5.74, 6) is 0.727. The fraction of sp³-hybridized carbons (Fsp3) is 0.789. The Morgan fingerprint density at radius 3 is 2.35 bits per heavy atom. The van der Waals surface area contributed by atoms with E-state index in [4.69, 9.17) is 0 Å². The average molecular weight is 477 g/mol. The molecule has 2 rings (SSSR count). The Labute approximate surface area is 175 Å². The van der Waals surface area contributed by atoms with Crippen LogP contribution in [0.1, 0.15) is 45.4 Å². The lowest BCUT2D eigenvalue weighted by Gasteiger charge is -2.36.